The molecule has 2 amide bonds. The summed E-state index contributed by atoms with van der Waals surface area (Å²) in [5.74, 6) is -0.345. The zero-order valence-electron chi connectivity index (χ0n) is 14.1. The average Bonchev–Trinajstić information content (AvgIpc) is 3.06. The second kappa shape index (κ2) is 8.06. The minimum absolute atomic E-state index is 0.331. The summed E-state index contributed by atoms with van der Waals surface area (Å²) in [6, 6.07) is 6.84. The largest absolute Gasteiger partial charge is 0.274 e. The standard InChI is InChI=1S/C18H20ClN3O2S/c1-12-16(25-21-20-12)18(24)22(11-13-7-3-2-4-8-13)17(23)14-9-5-6-10-15(14)19/h5-6,9-10,13H,2-4,7-8,11H2,1H3. The Morgan fingerprint density at radius 1 is 1.20 bits per heavy atom. The van der Waals surface area contributed by atoms with Crippen LogP contribution >= 0.6 is 23.1 Å². The molecule has 1 heterocycles. The Bertz CT molecular complexity index is 771. The van der Waals surface area contributed by atoms with Crippen LogP contribution in [0.3, 0.4) is 0 Å². The van der Waals surface area contributed by atoms with Crippen molar-refractivity contribution in [3.8, 4) is 0 Å². The Kier molecular flexibility index (Phi) is 5.81. The van der Waals surface area contributed by atoms with Crippen molar-refractivity contribution >= 4 is 34.9 Å². The fraction of sp³-hybridized carbons (Fsp3) is 0.444. The third-order valence-corrected chi connectivity index (χ3v) is 5.75. The molecule has 0 aliphatic heterocycles. The molecule has 132 valence electrons. The molecule has 1 fully saturated rings. The first kappa shape index (κ1) is 18.0. The van der Waals surface area contributed by atoms with Gasteiger partial charge in [0.15, 0.2) is 0 Å². The number of imide groups is 1. The van der Waals surface area contributed by atoms with Crippen molar-refractivity contribution in [3.63, 3.8) is 0 Å². The van der Waals surface area contributed by atoms with Crippen LogP contribution in [0.4, 0.5) is 0 Å². The summed E-state index contributed by atoms with van der Waals surface area (Å²) in [6.07, 6.45) is 5.60. The molecule has 0 saturated heterocycles. The topological polar surface area (TPSA) is 63.2 Å². The van der Waals surface area contributed by atoms with Crippen LogP contribution in [0.1, 0.15) is 57.8 Å². The molecule has 25 heavy (non-hydrogen) atoms. The first-order chi connectivity index (χ1) is 12.1. The fourth-order valence-electron chi connectivity index (χ4n) is 3.22. The summed E-state index contributed by atoms with van der Waals surface area (Å²) >= 11 is 7.21. The van der Waals surface area contributed by atoms with E-state index in [0.29, 0.717) is 33.6 Å². The van der Waals surface area contributed by atoms with E-state index in [-0.39, 0.29) is 11.8 Å². The highest BCUT2D eigenvalue weighted by Gasteiger charge is 2.30. The number of aromatic nitrogens is 2. The van der Waals surface area contributed by atoms with E-state index in [1.807, 2.05) is 0 Å². The quantitative estimate of drug-likeness (QED) is 0.742. The Morgan fingerprint density at radius 3 is 2.56 bits per heavy atom. The molecule has 7 heteroatoms. The van der Waals surface area contributed by atoms with Crippen LogP contribution in [0.2, 0.25) is 5.02 Å². The number of rotatable bonds is 4. The van der Waals surface area contributed by atoms with Gasteiger partial charge in [-0.1, -0.05) is 47.5 Å². The van der Waals surface area contributed by atoms with Gasteiger partial charge in [0.1, 0.15) is 4.88 Å². The van der Waals surface area contributed by atoms with Gasteiger partial charge in [-0.2, -0.15) is 0 Å². The molecule has 1 saturated carbocycles. The van der Waals surface area contributed by atoms with E-state index in [4.69, 9.17) is 11.6 Å². The summed E-state index contributed by atoms with van der Waals surface area (Å²) in [6.45, 7) is 2.15. The minimum Gasteiger partial charge on any atom is -0.273 e. The van der Waals surface area contributed by atoms with Crippen LogP contribution in [0, 0.1) is 12.8 Å². The number of carbonyl (C=O) groups is 2. The highest BCUT2D eigenvalue weighted by molar-refractivity contribution is 7.08. The van der Waals surface area contributed by atoms with E-state index in [1.54, 1.807) is 31.2 Å². The molecule has 0 bridgehead atoms. The molecule has 1 aromatic carbocycles. The van der Waals surface area contributed by atoms with Crippen molar-refractivity contribution in [2.75, 3.05) is 6.54 Å². The van der Waals surface area contributed by atoms with Gasteiger partial charge in [-0.25, -0.2) is 0 Å². The van der Waals surface area contributed by atoms with Gasteiger partial charge in [-0.3, -0.25) is 14.5 Å². The predicted octanol–water partition coefficient (Wildman–Crippen LogP) is 4.36. The number of hydrogen-bond acceptors (Lipinski definition) is 5. The second-order valence-electron chi connectivity index (χ2n) is 6.39. The summed E-state index contributed by atoms with van der Waals surface area (Å²) in [4.78, 5) is 27.8. The molecule has 1 aromatic heterocycles. The van der Waals surface area contributed by atoms with Gasteiger partial charge in [0, 0.05) is 6.54 Å². The fourth-order valence-corrected chi connectivity index (χ4v) is 4.04. The molecular weight excluding hydrogens is 358 g/mol. The number of aryl methyl sites for hydroxylation is 1. The molecule has 0 spiro atoms. The molecule has 0 N–H and O–H groups in total. The molecule has 0 radical (unpaired) electrons. The Hall–Kier alpha value is -1.79. The first-order valence-electron chi connectivity index (χ1n) is 8.47. The van der Waals surface area contributed by atoms with Crippen LogP contribution in [-0.2, 0) is 0 Å². The van der Waals surface area contributed by atoms with Gasteiger partial charge in [-0.15, -0.1) is 5.10 Å². The molecule has 5 nitrogen and oxygen atoms in total. The maximum atomic E-state index is 13.1. The van der Waals surface area contributed by atoms with Gasteiger partial charge in [0.2, 0.25) is 0 Å². The van der Waals surface area contributed by atoms with Crippen LogP contribution in [-0.4, -0.2) is 32.8 Å². The van der Waals surface area contributed by atoms with E-state index in [2.05, 4.69) is 9.59 Å². The number of nitrogens with zero attached hydrogens (tertiary/aromatic N) is 3. The highest BCUT2D eigenvalue weighted by Crippen LogP contribution is 2.27. The van der Waals surface area contributed by atoms with E-state index in [0.717, 1.165) is 37.2 Å². The lowest BCUT2D eigenvalue weighted by Gasteiger charge is -2.28. The van der Waals surface area contributed by atoms with Crippen LogP contribution < -0.4 is 0 Å². The SMILES string of the molecule is Cc1nnsc1C(=O)N(CC1CCCCC1)C(=O)c1ccccc1Cl. The summed E-state index contributed by atoms with van der Waals surface area (Å²) in [5.41, 5.74) is 0.902. The van der Waals surface area contributed by atoms with Crippen molar-refractivity contribution in [2.45, 2.75) is 39.0 Å². The van der Waals surface area contributed by atoms with E-state index < -0.39 is 0 Å². The second-order valence-corrected chi connectivity index (χ2v) is 7.55. The third-order valence-electron chi connectivity index (χ3n) is 4.61. The van der Waals surface area contributed by atoms with E-state index in [9.17, 15) is 9.59 Å². The monoisotopic (exact) mass is 377 g/mol. The third kappa shape index (κ3) is 4.07. The molecule has 0 atom stereocenters. The summed E-state index contributed by atoms with van der Waals surface area (Å²) < 4.78 is 3.83. The van der Waals surface area contributed by atoms with Crippen molar-refractivity contribution in [1.82, 2.24) is 14.5 Å². The number of benzene rings is 1. The van der Waals surface area contributed by atoms with Crippen molar-refractivity contribution < 1.29 is 9.59 Å². The van der Waals surface area contributed by atoms with Crippen molar-refractivity contribution in [2.24, 2.45) is 5.92 Å². The smallest absolute Gasteiger partial charge is 0.273 e. The Balaban J connectivity index is 1.90. The predicted molar refractivity (Wildman–Crippen MR) is 98.0 cm³/mol. The Labute approximate surface area is 156 Å². The molecule has 3 rings (SSSR count). The van der Waals surface area contributed by atoms with Crippen LogP contribution in [0.15, 0.2) is 24.3 Å². The van der Waals surface area contributed by atoms with Gasteiger partial charge >= 0.3 is 0 Å². The highest BCUT2D eigenvalue weighted by atomic mass is 35.5. The van der Waals surface area contributed by atoms with E-state index in [1.165, 1.54) is 11.3 Å². The lowest BCUT2D eigenvalue weighted by Crippen LogP contribution is -2.41. The number of hydrogen-bond donors (Lipinski definition) is 0. The maximum Gasteiger partial charge on any atom is 0.274 e. The van der Waals surface area contributed by atoms with Gasteiger partial charge < -0.3 is 0 Å². The minimum atomic E-state index is -0.353. The average molecular weight is 378 g/mol. The molecule has 0 unspecified atom stereocenters. The maximum absolute atomic E-state index is 13.1. The first-order valence-corrected chi connectivity index (χ1v) is 9.62. The van der Waals surface area contributed by atoms with Gasteiger partial charge in [0.05, 0.1) is 16.3 Å². The van der Waals surface area contributed by atoms with Crippen molar-refractivity contribution in [3.05, 3.63) is 45.4 Å². The lowest BCUT2D eigenvalue weighted by molar-refractivity contribution is 0.0581. The number of carbonyl (C=O) groups excluding carboxylic acids is 2. The molecule has 1 aliphatic rings. The normalized spacial score (nSPS) is 15.1. The number of amides is 2. The molecular formula is C18H20ClN3O2S. The molecule has 2 aromatic rings. The van der Waals surface area contributed by atoms with Crippen LogP contribution in [0.5, 0.6) is 0 Å². The lowest BCUT2D eigenvalue weighted by atomic mass is 9.88. The molecule has 1 aliphatic carbocycles. The zero-order chi connectivity index (χ0) is 17.8. The van der Waals surface area contributed by atoms with Crippen molar-refractivity contribution in [1.29, 1.82) is 0 Å². The number of halogens is 1. The van der Waals surface area contributed by atoms with Gasteiger partial charge in [0.25, 0.3) is 11.8 Å². The van der Waals surface area contributed by atoms with Gasteiger partial charge in [-0.05, 0) is 49.3 Å². The zero-order valence-corrected chi connectivity index (χ0v) is 15.6. The Morgan fingerprint density at radius 2 is 1.92 bits per heavy atom. The summed E-state index contributed by atoms with van der Waals surface area (Å²) in [7, 11) is 0. The van der Waals surface area contributed by atoms with E-state index >= 15 is 0 Å². The summed E-state index contributed by atoms with van der Waals surface area (Å²) in [5, 5.41) is 4.25. The van der Waals surface area contributed by atoms with Crippen LogP contribution in [0.25, 0.3) is 0 Å².